The molecular formula is C30H48O3. The zero-order valence-electron chi connectivity index (χ0n) is 22.0. The van der Waals surface area contributed by atoms with Crippen molar-refractivity contribution in [3.05, 3.63) is 12.2 Å². The van der Waals surface area contributed by atoms with Gasteiger partial charge < -0.3 is 10.2 Å². The molecule has 0 aliphatic heterocycles. The Kier molecular flexibility index (Phi) is 5.15. The summed E-state index contributed by atoms with van der Waals surface area (Å²) in [6.07, 6.45) is 10.5. The molecule has 3 nitrogen and oxygen atoms in total. The van der Waals surface area contributed by atoms with Gasteiger partial charge in [-0.25, -0.2) is 0 Å². The van der Waals surface area contributed by atoms with Crippen LogP contribution in [0.25, 0.3) is 0 Å². The van der Waals surface area contributed by atoms with Gasteiger partial charge in [-0.3, -0.25) is 4.79 Å². The highest BCUT2D eigenvalue weighted by molar-refractivity contribution is 5.76. The van der Waals surface area contributed by atoms with Crippen LogP contribution >= 0.6 is 0 Å². The molecule has 5 aliphatic carbocycles. The number of hydrogen-bond donors (Lipinski definition) is 2. The van der Waals surface area contributed by atoms with Gasteiger partial charge in [0, 0.05) is 0 Å². The summed E-state index contributed by atoms with van der Waals surface area (Å²) in [6, 6.07) is 0. The van der Waals surface area contributed by atoms with E-state index in [0.29, 0.717) is 23.7 Å². The molecular weight excluding hydrogens is 408 g/mol. The van der Waals surface area contributed by atoms with E-state index in [2.05, 4.69) is 48.1 Å². The molecule has 0 aromatic rings. The number of carboxylic acids is 1. The molecule has 0 amide bonds. The number of hydrogen-bond acceptors (Lipinski definition) is 2. The average molecular weight is 457 g/mol. The molecule has 5 fully saturated rings. The fourth-order valence-corrected chi connectivity index (χ4v) is 11.5. The van der Waals surface area contributed by atoms with Gasteiger partial charge in [-0.1, -0.05) is 46.8 Å². The molecule has 0 spiro atoms. The van der Waals surface area contributed by atoms with E-state index in [9.17, 15) is 15.0 Å². The van der Waals surface area contributed by atoms with Crippen molar-refractivity contribution < 1.29 is 15.0 Å². The first-order valence-corrected chi connectivity index (χ1v) is 13.8. The lowest BCUT2D eigenvalue weighted by atomic mass is 9.32. The molecule has 5 rings (SSSR count). The monoisotopic (exact) mass is 456 g/mol. The summed E-state index contributed by atoms with van der Waals surface area (Å²) >= 11 is 0. The number of aliphatic carboxylic acids is 1. The fraction of sp³-hybridized carbons (Fsp3) is 0.900. The maximum absolute atomic E-state index is 12.8. The minimum Gasteiger partial charge on any atom is -0.481 e. The minimum absolute atomic E-state index is 0.0202. The maximum atomic E-state index is 12.8. The van der Waals surface area contributed by atoms with Gasteiger partial charge in [0.25, 0.3) is 0 Å². The summed E-state index contributed by atoms with van der Waals surface area (Å²) in [6.45, 7) is 18.8. The van der Waals surface area contributed by atoms with E-state index in [-0.39, 0.29) is 33.7 Å². The molecule has 0 saturated heterocycles. The largest absolute Gasteiger partial charge is 0.481 e. The Bertz CT molecular complexity index is 861. The summed E-state index contributed by atoms with van der Waals surface area (Å²) in [7, 11) is 0. The van der Waals surface area contributed by atoms with Gasteiger partial charge in [-0.15, -0.1) is 0 Å². The number of aliphatic hydroxyl groups is 1. The molecule has 5 aliphatic rings. The highest BCUT2D eigenvalue weighted by Crippen LogP contribution is 2.77. The second-order valence-corrected chi connectivity index (χ2v) is 14.5. The Hall–Kier alpha value is -0.830. The smallest absolute Gasteiger partial charge is 0.309 e. The quantitative estimate of drug-likeness (QED) is 0.436. The number of rotatable bonds is 2. The van der Waals surface area contributed by atoms with E-state index in [1.807, 2.05) is 0 Å². The molecule has 2 N–H and O–H groups in total. The van der Waals surface area contributed by atoms with Crippen LogP contribution in [0.15, 0.2) is 12.2 Å². The topological polar surface area (TPSA) is 57.5 Å². The van der Waals surface area contributed by atoms with Crippen molar-refractivity contribution in [2.45, 2.75) is 112 Å². The molecule has 0 aromatic heterocycles. The van der Waals surface area contributed by atoms with Gasteiger partial charge >= 0.3 is 5.97 Å². The first-order valence-electron chi connectivity index (χ1n) is 13.8. The molecule has 3 heteroatoms. The Morgan fingerprint density at radius 1 is 0.818 bits per heavy atom. The predicted molar refractivity (Wildman–Crippen MR) is 133 cm³/mol. The number of allylic oxidation sites excluding steroid dienone is 1. The van der Waals surface area contributed by atoms with Crippen LogP contribution in [-0.2, 0) is 4.79 Å². The van der Waals surface area contributed by atoms with Gasteiger partial charge in [-0.05, 0) is 122 Å². The molecule has 186 valence electrons. The van der Waals surface area contributed by atoms with Crippen molar-refractivity contribution in [3.8, 4) is 0 Å². The van der Waals surface area contributed by atoms with E-state index in [0.717, 1.165) is 38.5 Å². The van der Waals surface area contributed by atoms with Gasteiger partial charge in [0.1, 0.15) is 0 Å². The Labute approximate surface area is 201 Å². The van der Waals surface area contributed by atoms with Crippen molar-refractivity contribution in [2.24, 2.45) is 56.7 Å². The highest BCUT2D eigenvalue weighted by Gasteiger charge is 2.71. The molecule has 5 saturated carbocycles. The third-order valence-corrected chi connectivity index (χ3v) is 13.5. The van der Waals surface area contributed by atoms with Crippen molar-refractivity contribution in [1.29, 1.82) is 0 Å². The normalized spacial score (nSPS) is 55.0. The standard InChI is InChI=1S/C30H48O3/c1-18(2)19-10-15-30(25(32)33)17-16-28(6)20(24(19)30)8-9-22-27(5)13-12-23(31)26(3,4)21(27)11-14-29(22,28)7/h19-24,31H,1,8-17H2,2-7H3,(H,32,33)/t19-,20-,21-,22+,23-,24-,27+,28-,29-,30+/m0/s1. The third kappa shape index (κ3) is 2.75. The summed E-state index contributed by atoms with van der Waals surface area (Å²) in [4.78, 5) is 12.8. The number of aliphatic hydroxyl groups excluding tert-OH is 1. The van der Waals surface area contributed by atoms with E-state index in [4.69, 9.17) is 0 Å². The average Bonchev–Trinajstić information content (AvgIpc) is 3.13. The zero-order chi connectivity index (χ0) is 24.2. The zero-order valence-corrected chi connectivity index (χ0v) is 22.0. The number of carbonyl (C=O) groups is 1. The number of fused-ring (bicyclic) bond motifs is 7. The molecule has 0 bridgehead atoms. The Morgan fingerprint density at radius 3 is 2.15 bits per heavy atom. The van der Waals surface area contributed by atoms with Crippen molar-refractivity contribution >= 4 is 5.97 Å². The second-order valence-electron chi connectivity index (χ2n) is 14.5. The first-order chi connectivity index (χ1) is 15.3. The fourth-order valence-electron chi connectivity index (χ4n) is 11.5. The van der Waals surface area contributed by atoms with Crippen LogP contribution in [0.4, 0.5) is 0 Å². The highest BCUT2D eigenvalue weighted by atomic mass is 16.4. The van der Waals surface area contributed by atoms with Gasteiger partial charge in [0.05, 0.1) is 11.5 Å². The van der Waals surface area contributed by atoms with Crippen molar-refractivity contribution in [1.82, 2.24) is 0 Å². The van der Waals surface area contributed by atoms with E-state index in [1.165, 1.54) is 31.3 Å². The summed E-state index contributed by atoms with van der Waals surface area (Å²) in [5.74, 6) is 1.79. The summed E-state index contributed by atoms with van der Waals surface area (Å²) < 4.78 is 0. The van der Waals surface area contributed by atoms with Crippen LogP contribution in [0.5, 0.6) is 0 Å². The molecule has 0 radical (unpaired) electrons. The lowest BCUT2D eigenvalue weighted by Gasteiger charge is -2.72. The SMILES string of the molecule is C=C(C)[C@@H]1CC[C@@]2(C(=O)O)CC[C@@]3(C)[C@@H](CC[C@@H]4[C@]5(C)CC[C@H](O)C(C)(C)[C@@H]5CC[C@@]43C)[C@H]12. The van der Waals surface area contributed by atoms with Gasteiger partial charge in [-0.2, -0.15) is 0 Å². The van der Waals surface area contributed by atoms with Crippen LogP contribution < -0.4 is 0 Å². The van der Waals surface area contributed by atoms with Gasteiger partial charge in [0.2, 0.25) is 0 Å². The Balaban J connectivity index is 1.57. The third-order valence-electron chi connectivity index (χ3n) is 13.5. The lowest BCUT2D eigenvalue weighted by Crippen LogP contribution is -2.67. The van der Waals surface area contributed by atoms with E-state index in [1.54, 1.807) is 0 Å². The molecule has 0 heterocycles. The van der Waals surface area contributed by atoms with Crippen LogP contribution in [0, 0.1) is 56.7 Å². The van der Waals surface area contributed by atoms with E-state index < -0.39 is 11.4 Å². The lowest BCUT2D eigenvalue weighted by molar-refractivity contribution is -0.248. The summed E-state index contributed by atoms with van der Waals surface area (Å²) in [5.41, 5.74) is 1.35. The molecule has 0 unspecified atom stereocenters. The minimum atomic E-state index is -0.538. The van der Waals surface area contributed by atoms with Crippen LogP contribution in [0.3, 0.4) is 0 Å². The van der Waals surface area contributed by atoms with Crippen molar-refractivity contribution in [3.63, 3.8) is 0 Å². The maximum Gasteiger partial charge on any atom is 0.309 e. The van der Waals surface area contributed by atoms with E-state index >= 15 is 0 Å². The van der Waals surface area contributed by atoms with Crippen LogP contribution in [0.1, 0.15) is 106 Å². The van der Waals surface area contributed by atoms with Gasteiger partial charge in [0.15, 0.2) is 0 Å². The second kappa shape index (κ2) is 7.11. The molecule has 10 atom stereocenters. The van der Waals surface area contributed by atoms with Crippen LogP contribution in [0.2, 0.25) is 0 Å². The van der Waals surface area contributed by atoms with Crippen molar-refractivity contribution in [2.75, 3.05) is 0 Å². The van der Waals surface area contributed by atoms with Crippen LogP contribution in [-0.4, -0.2) is 22.3 Å². The number of carboxylic acid groups (broad SMARTS) is 1. The molecule has 0 aromatic carbocycles. The summed E-state index contributed by atoms with van der Waals surface area (Å²) in [5, 5.41) is 21.4. The first kappa shape index (κ1) is 23.9. The molecule has 33 heavy (non-hydrogen) atoms. The Morgan fingerprint density at radius 2 is 1.52 bits per heavy atom. The predicted octanol–water partition coefficient (Wildman–Crippen LogP) is 7.09.